The largest absolute Gasteiger partial charge is 0.330 e. The van der Waals surface area contributed by atoms with Crippen molar-refractivity contribution in [3.05, 3.63) is 90.2 Å². The first-order valence-electron chi connectivity index (χ1n) is 8.61. The minimum absolute atomic E-state index is 0.0659. The quantitative estimate of drug-likeness (QED) is 0.350. The number of hydrogen-bond acceptors (Lipinski definition) is 4. The highest BCUT2D eigenvalue weighted by atomic mass is 79.9. The summed E-state index contributed by atoms with van der Waals surface area (Å²) in [4.78, 5) is 36.2. The molecule has 0 saturated heterocycles. The number of fused-ring (bicyclic) bond motifs is 1. The fourth-order valence-corrected chi connectivity index (χ4v) is 3.66. The first kappa shape index (κ1) is 18.9. The number of nitrogens with zero attached hydrogens (tertiary/aromatic N) is 4. The molecule has 0 spiro atoms. The lowest BCUT2D eigenvalue weighted by molar-refractivity contribution is -0.384. The first-order chi connectivity index (χ1) is 13.8. The molecule has 2 aromatic carbocycles. The molecule has 0 aliphatic carbocycles. The minimum atomic E-state index is -0.471. The van der Waals surface area contributed by atoms with Gasteiger partial charge < -0.3 is 4.57 Å². The summed E-state index contributed by atoms with van der Waals surface area (Å²) in [6.45, 7) is 0. The van der Waals surface area contributed by atoms with Crippen molar-refractivity contribution < 1.29 is 4.92 Å². The van der Waals surface area contributed by atoms with Crippen LogP contribution in [0, 0.1) is 10.1 Å². The van der Waals surface area contributed by atoms with Crippen molar-refractivity contribution in [1.82, 2.24) is 13.7 Å². The molecule has 0 N–H and O–H groups in total. The van der Waals surface area contributed by atoms with Crippen molar-refractivity contribution in [2.24, 2.45) is 14.1 Å². The van der Waals surface area contributed by atoms with Crippen LogP contribution in [0.15, 0.2) is 68.8 Å². The average molecular weight is 455 g/mol. The molecule has 0 amide bonds. The Bertz CT molecular complexity index is 1400. The maximum atomic E-state index is 13.0. The van der Waals surface area contributed by atoms with Crippen LogP contribution in [-0.4, -0.2) is 18.6 Å². The average Bonchev–Trinajstić information content (AvgIpc) is 3.12. The number of aryl methyl sites for hydroxylation is 1. The normalized spacial score (nSPS) is 11.1. The second kappa shape index (κ2) is 6.85. The third kappa shape index (κ3) is 2.99. The van der Waals surface area contributed by atoms with Crippen molar-refractivity contribution in [3.8, 4) is 16.9 Å². The number of aromatic nitrogens is 3. The highest BCUT2D eigenvalue weighted by Gasteiger charge is 2.21. The Morgan fingerprint density at radius 3 is 2.34 bits per heavy atom. The van der Waals surface area contributed by atoms with Gasteiger partial charge >= 0.3 is 5.69 Å². The van der Waals surface area contributed by atoms with Crippen LogP contribution in [0.5, 0.6) is 0 Å². The molecule has 8 nitrogen and oxygen atoms in total. The Hall–Kier alpha value is -3.46. The summed E-state index contributed by atoms with van der Waals surface area (Å²) in [5, 5.41) is 11.6. The highest BCUT2D eigenvalue weighted by molar-refractivity contribution is 9.10. The van der Waals surface area contributed by atoms with E-state index >= 15 is 0 Å². The zero-order chi connectivity index (χ0) is 20.9. The van der Waals surface area contributed by atoms with E-state index in [-0.39, 0.29) is 5.69 Å². The minimum Gasteiger partial charge on any atom is -0.313 e. The zero-order valence-corrected chi connectivity index (χ0v) is 17.1. The van der Waals surface area contributed by atoms with Gasteiger partial charge in [0.1, 0.15) is 0 Å². The molecule has 0 aliphatic heterocycles. The van der Waals surface area contributed by atoms with E-state index in [0.29, 0.717) is 22.3 Å². The highest BCUT2D eigenvalue weighted by Crippen LogP contribution is 2.32. The Morgan fingerprint density at radius 2 is 1.69 bits per heavy atom. The van der Waals surface area contributed by atoms with Crippen LogP contribution in [0.4, 0.5) is 5.69 Å². The van der Waals surface area contributed by atoms with Crippen molar-refractivity contribution in [2.45, 2.75) is 0 Å². The van der Waals surface area contributed by atoms with Crippen LogP contribution in [0.2, 0.25) is 0 Å². The van der Waals surface area contributed by atoms with Crippen LogP contribution in [0.25, 0.3) is 27.8 Å². The van der Waals surface area contributed by atoms with Crippen molar-refractivity contribution in [3.63, 3.8) is 0 Å². The lowest BCUT2D eigenvalue weighted by Crippen LogP contribution is -2.36. The fourth-order valence-electron chi connectivity index (χ4n) is 3.39. The van der Waals surface area contributed by atoms with Crippen molar-refractivity contribution in [1.29, 1.82) is 0 Å². The maximum absolute atomic E-state index is 13.0. The van der Waals surface area contributed by atoms with Gasteiger partial charge in [0, 0.05) is 36.9 Å². The first-order valence-corrected chi connectivity index (χ1v) is 9.40. The third-order valence-electron chi connectivity index (χ3n) is 4.88. The van der Waals surface area contributed by atoms with Crippen LogP contribution in [-0.2, 0) is 14.1 Å². The van der Waals surface area contributed by atoms with Gasteiger partial charge in [-0.05, 0) is 23.8 Å². The number of rotatable bonds is 3. The van der Waals surface area contributed by atoms with Gasteiger partial charge in [0.25, 0.3) is 11.2 Å². The molecule has 0 atom stereocenters. The second-order valence-electron chi connectivity index (χ2n) is 6.60. The number of non-ortho nitro benzene ring substituents is 1. The Balaban J connectivity index is 2.17. The third-order valence-corrected chi connectivity index (χ3v) is 5.40. The Morgan fingerprint density at radius 1 is 1.00 bits per heavy atom. The predicted molar refractivity (Wildman–Crippen MR) is 114 cm³/mol. The van der Waals surface area contributed by atoms with Gasteiger partial charge in [-0.1, -0.05) is 34.1 Å². The van der Waals surface area contributed by atoms with Gasteiger partial charge in [0.2, 0.25) is 0 Å². The summed E-state index contributed by atoms with van der Waals surface area (Å²) in [5.41, 5.74) is 1.33. The van der Waals surface area contributed by atoms with E-state index in [9.17, 15) is 19.7 Å². The lowest BCUT2D eigenvalue weighted by atomic mass is 10.1. The van der Waals surface area contributed by atoms with Crippen molar-refractivity contribution >= 4 is 32.5 Å². The number of nitro benzene ring substituents is 1. The Kier molecular flexibility index (Phi) is 4.46. The van der Waals surface area contributed by atoms with Crippen LogP contribution >= 0.6 is 15.9 Å². The second-order valence-corrected chi connectivity index (χ2v) is 7.51. The van der Waals surface area contributed by atoms with Gasteiger partial charge in [-0.3, -0.25) is 24.0 Å². The Labute approximate surface area is 172 Å². The topological polar surface area (TPSA) is 92.1 Å². The van der Waals surface area contributed by atoms with Crippen molar-refractivity contribution in [2.75, 3.05) is 0 Å². The van der Waals surface area contributed by atoms with Gasteiger partial charge in [0.15, 0.2) is 0 Å². The SMILES string of the molecule is Cn1c(=O)c2c(-c3ccc(Br)cc3)n(-c3cccc([N+](=O)[O-])c3)cc2n(C)c1=O. The monoisotopic (exact) mass is 454 g/mol. The van der Waals surface area contributed by atoms with Gasteiger partial charge in [-0.2, -0.15) is 0 Å². The van der Waals surface area contributed by atoms with E-state index in [2.05, 4.69) is 15.9 Å². The molecule has 0 bridgehead atoms. The molecule has 146 valence electrons. The smallest absolute Gasteiger partial charge is 0.313 e. The molecular formula is C20H15BrN4O4. The molecule has 4 rings (SSSR count). The van der Waals surface area contributed by atoms with E-state index < -0.39 is 16.2 Å². The van der Waals surface area contributed by atoms with Crippen LogP contribution < -0.4 is 11.2 Å². The number of hydrogen-bond donors (Lipinski definition) is 0. The molecule has 9 heteroatoms. The summed E-state index contributed by atoms with van der Waals surface area (Å²) >= 11 is 3.40. The summed E-state index contributed by atoms with van der Waals surface area (Å²) < 4.78 is 5.04. The number of nitro groups is 1. The molecule has 0 aliphatic rings. The van der Waals surface area contributed by atoms with E-state index in [1.54, 1.807) is 29.9 Å². The van der Waals surface area contributed by atoms with Gasteiger partial charge in [-0.25, -0.2) is 4.79 Å². The van der Waals surface area contributed by atoms with Crippen LogP contribution in [0.1, 0.15) is 0 Å². The van der Waals surface area contributed by atoms with Crippen LogP contribution in [0.3, 0.4) is 0 Å². The standard InChI is InChI=1S/C20H15BrN4O4/c1-22-16-11-24(14-4-3-5-15(10-14)25(28)29)18(12-6-8-13(21)9-7-12)17(16)19(26)23(2)20(22)27/h3-11H,1-2H3. The van der Waals surface area contributed by atoms with Gasteiger partial charge in [0.05, 0.1) is 27.2 Å². The number of halogens is 1. The molecule has 2 aromatic heterocycles. The molecule has 0 radical (unpaired) electrons. The predicted octanol–water partition coefficient (Wildman–Crippen LogP) is 3.37. The molecule has 0 fully saturated rings. The van der Waals surface area contributed by atoms with E-state index in [1.807, 2.05) is 24.3 Å². The zero-order valence-electron chi connectivity index (χ0n) is 15.5. The summed E-state index contributed by atoms with van der Waals surface area (Å²) in [6, 6.07) is 13.5. The summed E-state index contributed by atoms with van der Waals surface area (Å²) in [5.74, 6) is 0. The van der Waals surface area contributed by atoms with E-state index in [0.717, 1.165) is 14.6 Å². The van der Waals surface area contributed by atoms with E-state index in [4.69, 9.17) is 0 Å². The van der Waals surface area contributed by atoms with Gasteiger partial charge in [-0.15, -0.1) is 0 Å². The van der Waals surface area contributed by atoms with E-state index in [1.165, 1.54) is 23.7 Å². The summed E-state index contributed by atoms with van der Waals surface area (Å²) in [6.07, 6.45) is 1.66. The lowest BCUT2D eigenvalue weighted by Gasteiger charge is -2.10. The molecular weight excluding hydrogens is 440 g/mol. The fraction of sp³-hybridized carbons (Fsp3) is 0.100. The summed E-state index contributed by atoms with van der Waals surface area (Å²) in [7, 11) is 3.02. The molecule has 4 aromatic rings. The molecule has 0 saturated carbocycles. The molecule has 0 unspecified atom stereocenters. The number of benzene rings is 2. The maximum Gasteiger partial charge on any atom is 0.330 e. The molecule has 2 heterocycles. The molecule has 29 heavy (non-hydrogen) atoms.